The van der Waals surface area contributed by atoms with Crippen molar-refractivity contribution in [3.8, 4) is 0 Å². The Morgan fingerprint density at radius 3 is 2.45 bits per heavy atom. The maximum atomic E-state index is 13.8. The van der Waals surface area contributed by atoms with E-state index in [1.54, 1.807) is 13.8 Å². The molecular formula is C29H37F3N2O4. The van der Waals surface area contributed by atoms with Crippen molar-refractivity contribution in [3.05, 3.63) is 53.1 Å². The molecule has 0 aromatic heterocycles. The number of hydrogen-bond donors (Lipinski definition) is 0. The molecule has 1 aromatic carbocycles. The van der Waals surface area contributed by atoms with Gasteiger partial charge in [0.15, 0.2) is 0 Å². The van der Waals surface area contributed by atoms with Crippen LogP contribution in [0.5, 0.6) is 0 Å². The Hall–Kier alpha value is -2.97. The highest BCUT2D eigenvalue weighted by Gasteiger charge is 2.48. The van der Waals surface area contributed by atoms with Crippen molar-refractivity contribution in [3.63, 3.8) is 0 Å². The number of benzene rings is 1. The van der Waals surface area contributed by atoms with E-state index >= 15 is 0 Å². The fraction of sp³-hybridized carbons (Fsp3) is 0.586. The van der Waals surface area contributed by atoms with Gasteiger partial charge in [-0.2, -0.15) is 13.2 Å². The van der Waals surface area contributed by atoms with Crippen LogP contribution in [-0.4, -0.2) is 42.9 Å². The monoisotopic (exact) mass is 534 g/mol. The van der Waals surface area contributed by atoms with Gasteiger partial charge >= 0.3 is 18.4 Å². The van der Waals surface area contributed by atoms with Crippen molar-refractivity contribution in [1.82, 2.24) is 4.90 Å². The van der Waals surface area contributed by atoms with Gasteiger partial charge in [-0.05, 0) is 94.9 Å². The number of nitrogens with zero attached hydrogens (tertiary/aromatic N) is 2. The van der Waals surface area contributed by atoms with E-state index < -0.39 is 30.0 Å². The number of ether oxygens (including phenoxy) is 2. The van der Waals surface area contributed by atoms with Gasteiger partial charge < -0.3 is 9.47 Å². The second kappa shape index (κ2) is 11.0. The van der Waals surface area contributed by atoms with Crippen molar-refractivity contribution in [2.45, 2.75) is 83.7 Å². The van der Waals surface area contributed by atoms with Gasteiger partial charge in [0.1, 0.15) is 0 Å². The molecule has 2 amide bonds. The lowest BCUT2D eigenvalue weighted by atomic mass is 9.84. The third-order valence-corrected chi connectivity index (χ3v) is 7.83. The number of carbonyl (C=O) groups excluding carboxylic acids is 2. The number of halogens is 3. The number of anilines is 1. The van der Waals surface area contributed by atoms with E-state index in [1.165, 1.54) is 23.0 Å². The van der Waals surface area contributed by atoms with Crippen LogP contribution in [-0.2, 0) is 15.7 Å². The van der Waals surface area contributed by atoms with E-state index in [4.69, 9.17) is 9.47 Å². The highest BCUT2D eigenvalue weighted by Crippen LogP contribution is 2.50. The molecule has 1 aromatic rings. The third-order valence-electron chi connectivity index (χ3n) is 7.83. The fourth-order valence-corrected chi connectivity index (χ4v) is 5.65. The van der Waals surface area contributed by atoms with Crippen molar-refractivity contribution in [1.29, 1.82) is 0 Å². The molecule has 3 unspecified atom stereocenters. The summed E-state index contributed by atoms with van der Waals surface area (Å²) in [7, 11) is 1.28. The van der Waals surface area contributed by atoms with Gasteiger partial charge in [0, 0.05) is 12.6 Å². The summed E-state index contributed by atoms with van der Waals surface area (Å²) >= 11 is 0. The first kappa shape index (κ1) is 28.0. The molecule has 0 saturated heterocycles. The summed E-state index contributed by atoms with van der Waals surface area (Å²) in [5.74, 6) is 0.576. The number of carbonyl (C=O) groups is 2. The van der Waals surface area contributed by atoms with E-state index in [1.807, 2.05) is 6.92 Å². The largest absolute Gasteiger partial charge is 0.453 e. The zero-order chi connectivity index (χ0) is 27.8. The number of fused-ring (bicyclic) bond motifs is 1. The Morgan fingerprint density at radius 2 is 1.92 bits per heavy atom. The van der Waals surface area contributed by atoms with Crippen LogP contribution in [0.2, 0.25) is 0 Å². The van der Waals surface area contributed by atoms with E-state index in [0.29, 0.717) is 18.0 Å². The molecule has 0 N–H and O–H groups in total. The van der Waals surface area contributed by atoms with Gasteiger partial charge in [-0.15, -0.1) is 0 Å². The average Bonchev–Trinajstić information content (AvgIpc) is 3.70. The third kappa shape index (κ3) is 6.02. The standard InChI is InChI=1S/C29H37F3N2O4/c1-17(2)20-8-6-19(7-9-20)16-33(27(35)37-5)26-15-25(21-10-11-21)34(28(36)38-18(3)4)24-13-12-22(14-23(24)26)29(30,31)32/h6,12-14,18,20-21,25-26H,1,7-11,15-16H2,2-5H3. The summed E-state index contributed by atoms with van der Waals surface area (Å²) in [6, 6.07) is 2.42. The number of amides is 2. The minimum Gasteiger partial charge on any atom is -0.453 e. The molecule has 4 rings (SSSR count). The van der Waals surface area contributed by atoms with Crippen LogP contribution in [0.3, 0.4) is 0 Å². The van der Waals surface area contributed by atoms with Gasteiger partial charge in [-0.3, -0.25) is 9.80 Å². The minimum atomic E-state index is -4.57. The quantitative estimate of drug-likeness (QED) is 0.352. The summed E-state index contributed by atoms with van der Waals surface area (Å²) in [4.78, 5) is 29.4. The van der Waals surface area contributed by atoms with E-state index in [2.05, 4.69) is 12.7 Å². The van der Waals surface area contributed by atoms with Crippen LogP contribution in [0.15, 0.2) is 42.0 Å². The summed E-state index contributed by atoms with van der Waals surface area (Å²) < 4.78 is 52.1. The maximum Gasteiger partial charge on any atom is 0.416 e. The molecule has 6 nitrogen and oxygen atoms in total. The van der Waals surface area contributed by atoms with Crippen molar-refractivity contribution >= 4 is 17.9 Å². The van der Waals surface area contributed by atoms with Gasteiger partial charge in [-0.25, -0.2) is 9.59 Å². The number of methoxy groups -OCH3 is 1. The van der Waals surface area contributed by atoms with Crippen LogP contribution >= 0.6 is 0 Å². The van der Waals surface area contributed by atoms with Crippen LogP contribution in [0.25, 0.3) is 0 Å². The second-order valence-electron chi connectivity index (χ2n) is 11.0. The normalized spacial score (nSPS) is 23.4. The minimum absolute atomic E-state index is 0.192. The van der Waals surface area contributed by atoms with Crippen LogP contribution in [0, 0.1) is 11.8 Å². The molecule has 3 atom stereocenters. The van der Waals surface area contributed by atoms with Crippen molar-refractivity contribution in [2.75, 3.05) is 18.6 Å². The molecule has 9 heteroatoms. The van der Waals surface area contributed by atoms with Gasteiger partial charge in [0.25, 0.3) is 0 Å². The molecule has 1 aliphatic heterocycles. The van der Waals surface area contributed by atoms with Crippen LogP contribution in [0.1, 0.15) is 76.5 Å². The van der Waals surface area contributed by atoms with Gasteiger partial charge in [-0.1, -0.05) is 23.8 Å². The molecule has 1 heterocycles. The predicted molar refractivity (Wildman–Crippen MR) is 139 cm³/mol. The van der Waals surface area contributed by atoms with Crippen LogP contribution in [0.4, 0.5) is 28.4 Å². The summed E-state index contributed by atoms with van der Waals surface area (Å²) in [5, 5.41) is 0. The molecule has 0 bridgehead atoms. The van der Waals surface area contributed by atoms with Gasteiger partial charge in [0.2, 0.25) is 0 Å². The highest BCUT2D eigenvalue weighted by molar-refractivity contribution is 5.91. The molecule has 1 fully saturated rings. The highest BCUT2D eigenvalue weighted by atomic mass is 19.4. The lowest BCUT2D eigenvalue weighted by molar-refractivity contribution is -0.137. The topological polar surface area (TPSA) is 59.1 Å². The number of hydrogen-bond acceptors (Lipinski definition) is 4. The van der Waals surface area contributed by atoms with Gasteiger partial charge in [0.05, 0.1) is 30.5 Å². The molecule has 0 spiro atoms. The first-order chi connectivity index (χ1) is 17.9. The fourth-order valence-electron chi connectivity index (χ4n) is 5.65. The molecule has 38 heavy (non-hydrogen) atoms. The Bertz CT molecular complexity index is 1110. The summed E-state index contributed by atoms with van der Waals surface area (Å²) in [6.45, 7) is 9.79. The molecule has 208 valence electrons. The SMILES string of the molecule is C=C(C)C1CC=C(CN(C(=O)OC)C2CC(C3CC3)N(C(=O)OC(C)C)c3ccc(C(F)(F)F)cc32)CC1. The van der Waals surface area contributed by atoms with Crippen molar-refractivity contribution in [2.24, 2.45) is 11.8 Å². The first-order valence-corrected chi connectivity index (χ1v) is 13.3. The number of rotatable bonds is 6. The average molecular weight is 535 g/mol. The maximum absolute atomic E-state index is 13.8. The van der Waals surface area contributed by atoms with E-state index in [9.17, 15) is 22.8 Å². The zero-order valence-electron chi connectivity index (χ0n) is 22.5. The second-order valence-corrected chi connectivity index (χ2v) is 11.0. The molecule has 3 aliphatic rings. The first-order valence-electron chi connectivity index (χ1n) is 13.3. The number of alkyl halides is 3. The Balaban J connectivity index is 1.77. The van der Waals surface area contributed by atoms with Crippen molar-refractivity contribution < 1.29 is 32.2 Å². The Morgan fingerprint density at radius 1 is 1.21 bits per heavy atom. The lowest BCUT2D eigenvalue weighted by Crippen LogP contribution is -2.50. The molecule has 1 saturated carbocycles. The Labute approximate surface area is 222 Å². The number of allylic oxidation sites excluding steroid dienone is 2. The predicted octanol–water partition coefficient (Wildman–Crippen LogP) is 7.65. The molecule has 0 radical (unpaired) electrons. The zero-order valence-corrected chi connectivity index (χ0v) is 22.5. The molecular weight excluding hydrogens is 497 g/mol. The summed E-state index contributed by atoms with van der Waals surface area (Å²) in [6.07, 6.45) is 0.592. The molecule has 2 aliphatic carbocycles. The van der Waals surface area contributed by atoms with E-state index in [-0.39, 0.29) is 30.2 Å². The lowest BCUT2D eigenvalue weighted by Gasteiger charge is -2.44. The summed E-state index contributed by atoms with van der Waals surface area (Å²) in [5.41, 5.74) is 1.97. The Kier molecular flexibility index (Phi) is 8.14. The van der Waals surface area contributed by atoms with E-state index in [0.717, 1.165) is 55.4 Å². The smallest absolute Gasteiger partial charge is 0.416 e. The van der Waals surface area contributed by atoms with Crippen LogP contribution < -0.4 is 4.90 Å².